The Labute approximate surface area is 123 Å². The number of imide groups is 1. The number of pyridine rings is 1. The van der Waals surface area contributed by atoms with Crippen molar-refractivity contribution in [3.05, 3.63) is 24.4 Å². The number of rotatable bonds is 4. The van der Waals surface area contributed by atoms with E-state index in [0.717, 1.165) is 32.0 Å². The van der Waals surface area contributed by atoms with Crippen molar-refractivity contribution in [2.45, 2.75) is 6.92 Å². The summed E-state index contributed by atoms with van der Waals surface area (Å²) in [5.74, 6) is 0.618. The summed E-state index contributed by atoms with van der Waals surface area (Å²) in [5, 5.41) is 2.20. The molecule has 2 rings (SSSR count). The molecule has 2 heterocycles. The minimum Gasteiger partial charge on any atom is -0.450 e. The van der Waals surface area contributed by atoms with E-state index in [1.54, 1.807) is 13.1 Å². The highest BCUT2D eigenvalue weighted by Crippen LogP contribution is 2.12. The van der Waals surface area contributed by atoms with Gasteiger partial charge in [0.2, 0.25) is 5.91 Å². The van der Waals surface area contributed by atoms with Crippen molar-refractivity contribution in [1.29, 1.82) is 0 Å². The standard InChI is InChI=1S/C14H20N4O3/c1-2-21-14(20)16-13(19)11-17-7-9-18(10-8-17)12-5-3-4-6-15-12/h3-6H,2,7-11H2,1H3,(H,16,19,20). The van der Waals surface area contributed by atoms with Gasteiger partial charge in [-0.1, -0.05) is 6.07 Å². The van der Waals surface area contributed by atoms with Crippen LogP contribution in [-0.4, -0.2) is 61.2 Å². The number of ether oxygens (including phenoxy) is 1. The molecule has 1 N–H and O–H groups in total. The molecule has 1 aromatic rings. The van der Waals surface area contributed by atoms with Crippen LogP contribution in [0, 0.1) is 0 Å². The Morgan fingerprint density at radius 3 is 2.67 bits per heavy atom. The van der Waals surface area contributed by atoms with Gasteiger partial charge in [-0.3, -0.25) is 15.0 Å². The van der Waals surface area contributed by atoms with Crippen LogP contribution in [0.2, 0.25) is 0 Å². The fraction of sp³-hybridized carbons (Fsp3) is 0.500. The molecule has 7 nitrogen and oxygen atoms in total. The number of piperazine rings is 1. The Kier molecular flexibility index (Phi) is 5.51. The first-order valence-corrected chi connectivity index (χ1v) is 7.04. The van der Waals surface area contributed by atoms with Crippen molar-refractivity contribution < 1.29 is 14.3 Å². The number of nitrogens with zero attached hydrogens (tertiary/aromatic N) is 3. The van der Waals surface area contributed by atoms with E-state index in [4.69, 9.17) is 0 Å². The van der Waals surface area contributed by atoms with Gasteiger partial charge in [-0.25, -0.2) is 9.78 Å². The van der Waals surface area contributed by atoms with E-state index in [1.165, 1.54) is 0 Å². The Morgan fingerprint density at radius 1 is 1.29 bits per heavy atom. The van der Waals surface area contributed by atoms with Crippen LogP contribution in [0.5, 0.6) is 0 Å². The van der Waals surface area contributed by atoms with Crippen LogP contribution in [-0.2, 0) is 9.53 Å². The fourth-order valence-electron chi connectivity index (χ4n) is 2.20. The molecule has 21 heavy (non-hydrogen) atoms. The van der Waals surface area contributed by atoms with Gasteiger partial charge in [0.25, 0.3) is 0 Å². The lowest BCUT2D eigenvalue weighted by atomic mass is 10.3. The average Bonchev–Trinajstić information content (AvgIpc) is 2.49. The van der Waals surface area contributed by atoms with Crippen LogP contribution in [0.1, 0.15) is 6.92 Å². The van der Waals surface area contributed by atoms with Crippen molar-refractivity contribution >= 4 is 17.8 Å². The SMILES string of the molecule is CCOC(=O)NC(=O)CN1CCN(c2ccccn2)CC1. The second kappa shape index (κ2) is 7.58. The van der Waals surface area contributed by atoms with Gasteiger partial charge in [0, 0.05) is 32.4 Å². The Balaban J connectivity index is 1.74. The van der Waals surface area contributed by atoms with Gasteiger partial charge in [-0.05, 0) is 19.1 Å². The van der Waals surface area contributed by atoms with Crippen molar-refractivity contribution in [3.8, 4) is 0 Å². The van der Waals surface area contributed by atoms with Crippen molar-refractivity contribution in [3.63, 3.8) is 0 Å². The predicted octanol–water partition coefficient (Wildman–Crippen LogP) is 0.476. The molecule has 0 bridgehead atoms. The molecular formula is C14H20N4O3. The van der Waals surface area contributed by atoms with Crippen molar-refractivity contribution in [2.24, 2.45) is 0 Å². The number of alkyl carbamates (subject to hydrolysis) is 1. The largest absolute Gasteiger partial charge is 0.450 e. The fourth-order valence-corrected chi connectivity index (χ4v) is 2.20. The minimum atomic E-state index is -0.686. The third kappa shape index (κ3) is 4.71. The number of anilines is 1. The first kappa shape index (κ1) is 15.2. The molecule has 1 aliphatic rings. The van der Waals surface area contributed by atoms with Crippen LogP contribution in [0.15, 0.2) is 24.4 Å². The molecule has 0 unspecified atom stereocenters. The third-order valence-corrected chi connectivity index (χ3v) is 3.23. The number of carbonyl (C=O) groups excluding carboxylic acids is 2. The van der Waals surface area contributed by atoms with E-state index >= 15 is 0 Å². The molecule has 2 amide bonds. The zero-order valence-corrected chi connectivity index (χ0v) is 12.1. The molecule has 7 heteroatoms. The predicted molar refractivity (Wildman–Crippen MR) is 78.1 cm³/mol. The molecule has 0 aliphatic carbocycles. The van der Waals surface area contributed by atoms with Gasteiger partial charge >= 0.3 is 6.09 Å². The number of nitrogens with one attached hydrogen (secondary N) is 1. The molecule has 0 atom stereocenters. The highest BCUT2D eigenvalue weighted by atomic mass is 16.5. The van der Waals surface area contributed by atoms with Gasteiger partial charge in [0.15, 0.2) is 0 Å². The minimum absolute atomic E-state index is 0.203. The van der Waals surface area contributed by atoms with E-state index in [9.17, 15) is 9.59 Å². The second-order valence-electron chi connectivity index (χ2n) is 4.72. The summed E-state index contributed by atoms with van der Waals surface area (Å²) >= 11 is 0. The summed E-state index contributed by atoms with van der Waals surface area (Å²) in [4.78, 5) is 31.3. The van der Waals surface area contributed by atoms with Gasteiger partial charge in [0.1, 0.15) is 5.82 Å². The highest BCUT2D eigenvalue weighted by molar-refractivity contribution is 5.92. The smallest absolute Gasteiger partial charge is 0.413 e. The zero-order chi connectivity index (χ0) is 15.1. The summed E-state index contributed by atoms with van der Waals surface area (Å²) in [6.07, 6.45) is 1.09. The second-order valence-corrected chi connectivity index (χ2v) is 4.72. The van der Waals surface area contributed by atoms with E-state index in [-0.39, 0.29) is 19.1 Å². The number of amides is 2. The van der Waals surface area contributed by atoms with Crippen LogP contribution in [0.25, 0.3) is 0 Å². The maximum atomic E-state index is 11.7. The lowest BCUT2D eigenvalue weighted by molar-refractivity contribution is -0.121. The van der Waals surface area contributed by atoms with E-state index in [2.05, 4.69) is 19.9 Å². The Morgan fingerprint density at radius 2 is 2.05 bits per heavy atom. The average molecular weight is 292 g/mol. The molecule has 114 valence electrons. The normalized spacial score (nSPS) is 15.6. The molecule has 0 saturated carbocycles. The van der Waals surface area contributed by atoms with Crippen LogP contribution < -0.4 is 10.2 Å². The third-order valence-electron chi connectivity index (χ3n) is 3.23. The molecular weight excluding hydrogens is 272 g/mol. The Hall–Kier alpha value is -2.15. The van der Waals surface area contributed by atoms with Gasteiger partial charge in [-0.2, -0.15) is 0 Å². The lowest BCUT2D eigenvalue weighted by Gasteiger charge is -2.34. The molecule has 1 aromatic heterocycles. The first-order chi connectivity index (χ1) is 10.2. The summed E-state index contributed by atoms with van der Waals surface area (Å²) in [7, 11) is 0. The monoisotopic (exact) mass is 292 g/mol. The first-order valence-electron chi connectivity index (χ1n) is 7.04. The van der Waals surface area contributed by atoms with Crippen LogP contribution >= 0.6 is 0 Å². The van der Waals surface area contributed by atoms with Crippen molar-refractivity contribution in [2.75, 3.05) is 44.2 Å². The van der Waals surface area contributed by atoms with E-state index in [0.29, 0.717) is 0 Å². The molecule has 0 spiro atoms. The number of aromatic nitrogens is 1. The lowest BCUT2D eigenvalue weighted by Crippen LogP contribution is -2.50. The molecule has 0 aromatic carbocycles. The number of hydrogen-bond acceptors (Lipinski definition) is 6. The van der Waals surface area contributed by atoms with Crippen LogP contribution in [0.4, 0.5) is 10.6 Å². The summed E-state index contributed by atoms with van der Waals surface area (Å²) < 4.78 is 4.67. The summed E-state index contributed by atoms with van der Waals surface area (Å²) in [6, 6.07) is 5.82. The molecule has 1 fully saturated rings. The maximum absolute atomic E-state index is 11.7. The molecule has 1 aliphatic heterocycles. The van der Waals surface area contributed by atoms with E-state index in [1.807, 2.05) is 23.1 Å². The van der Waals surface area contributed by atoms with Gasteiger partial charge < -0.3 is 9.64 Å². The number of hydrogen-bond donors (Lipinski definition) is 1. The van der Waals surface area contributed by atoms with Gasteiger partial charge in [-0.15, -0.1) is 0 Å². The van der Waals surface area contributed by atoms with Crippen molar-refractivity contribution in [1.82, 2.24) is 15.2 Å². The summed E-state index contributed by atoms with van der Waals surface area (Å²) in [5.41, 5.74) is 0. The van der Waals surface area contributed by atoms with E-state index < -0.39 is 6.09 Å². The number of carbonyl (C=O) groups is 2. The molecule has 1 saturated heterocycles. The zero-order valence-electron chi connectivity index (χ0n) is 12.1. The quantitative estimate of drug-likeness (QED) is 0.870. The molecule has 0 radical (unpaired) electrons. The highest BCUT2D eigenvalue weighted by Gasteiger charge is 2.20. The van der Waals surface area contributed by atoms with Crippen LogP contribution in [0.3, 0.4) is 0 Å². The topological polar surface area (TPSA) is 74.8 Å². The van der Waals surface area contributed by atoms with Gasteiger partial charge in [0.05, 0.1) is 13.2 Å². The summed E-state index contributed by atoms with van der Waals surface area (Å²) in [6.45, 7) is 5.28. The maximum Gasteiger partial charge on any atom is 0.413 e. The Bertz CT molecular complexity index is 472.